The summed E-state index contributed by atoms with van der Waals surface area (Å²) in [6.45, 7) is 0. The van der Waals surface area contributed by atoms with Crippen molar-refractivity contribution < 1.29 is 9.59 Å². The van der Waals surface area contributed by atoms with Crippen LogP contribution in [0.2, 0.25) is 0 Å². The van der Waals surface area contributed by atoms with Gasteiger partial charge in [-0.15, -0.1) is 0 Å². The molecule has 2 aromatic rings. The monoisotopic (exact) mass is 292 g/mol. The number of hydrazine groups is 1. The fourth-order valence-electron chi connectivity index (χ4n) is 1.97. The summed E-state index contributed by atoms with van der Waals surface area (Å²) < 4.78 is 0. The van der Waals surface area contributed by atoms with Gasteiger partial charge in [0.2, 0.25) is 0 Å². The van der Waals surface area contributed by atoms with Gasteiger partial charge < -0.3 is 5.43 Å². The van der Waals surface area contributed by atoms with E-state index in [2.05, 4.69) is 20.8 Å². The SMILES string of the molecule is O=C1N=c2ccccc2=CC1=CNNC(=O)c1ccncc1. The molecular weight excluding hydrogens is 280 g/mol. The van der Waals surface area contributed by atoms with E-state index >= 15 is 0 Å². The van der Waals surface area contributed by atoms with E-state index in [-0.39, 0.29) is 11.8 Å². The maximum atomic E-state index is 11.9. The molecular formula is C16H12N4O2. The summed E-state index contributed by atoms with van der Waals surface area (Å²) in [6, 6.07) is 10.5. The van der Waals surface area contributed by atoms with Gasteiger partial charge in [0.1, 0.15) is 0 Å². The third-order valence-electron chi connectivity index (χ3n) is 3.07. The van der Waals surface area contributed by atoms with Gasteiger partial charge in [-0.25, -0.2) is 4.99 Å². The van der Waals surface area contributed by atoms with Crippen molar-refractivity contribution in [2.24, 2.45) is 4.99 Å². The zero-order valence-corrected chi connectivity index (χ0v) is 11.5. The Kier molecular flexibility index (Phi) is 3.74. The lowest BCUT2D eigenvalue weighted by Crippen LogP contribution is -2.35. The highest BCUT2D eigenvalue weighted by atomic mass is 16.2. The van der Waals surface area contributed by atoms with Crippen LogP contribution in [0.3, 0.4) is 0 Å². The summed E-state index contributed by atoms with van der Waals surface area (Å²) >= 11 is 0. The molecule has 1 aromatic carbocycles. The molecule has 1 aromatic heterocycles. The lowest BCUT2D eigenvalue weighted by Gasteiger charge is -2.06. The molecule has 6 heteroatoms. The van der Waals surface area contributed by atoms with Crippen LogP contribution in [-0.4, -0.2) is 16.8 Å². The quantitative estimate of drug-likeness (QED) is 0.608. The largest absolute Gasteiger partial charge is 0.305 e. The average molecular weight is 292 g/mol. The van der Waals surface area contributed by atoms with Gasteiger partial charge in [0.05, 0.1) is 10.9 Å². The van der Waals surface area contributed by atoms with Crippen LogP contribution in [0, 0.1) is 0 Å². The topological polar surface area (TPSA) is 83.5 Å². The van der Waals surface area contributed by atoms with Gasteiger partial charge in [-0.2, -0.15) is 0 Å². The molecule has 2 heterocycles. The van der Waals surface area contributed by atoms with Gasteiger partial charge in [0.15, 0.2) is 0 Å². The van der Waals surface area contributed by atoms with E-state index in [4.69, 9.17) is 0 Å². The second-order valence-electron chi connectivity index (χ2n) is 4.55. The highest BCUT2D eigenvalue weighted by molar-refractivity contribution is 6.03. The first-order valence-corrected chi connectivity index (χ1v) is 6.60. The van der Waals surface area contributed by atoms with E-state index in [1.54, 1.807) is 24.3 Å². The van der Waals surface area contributed by atoms with Crippen LogP contribution in [0.25, 0.3) is 6.08 Å². The summed E-state index contributed by atoms with van der Waals surface area (Å²) in [5.41, 5.74) is 5.94. The van der Waals surface area contributed by atoms with Crippen molar-refractivity contribution in [2.45, 2.75) is 0 Å². The zero-order chi connectivity index (χ0) is 15.4. The first-order chi connectivity index (χ1) is 10.7. The molecule has 2 N–H and O–H groups in total. The fraction of sp³-hybridized carbons (Fsp3) is 0. The molecule has 6 nitrogen and oxygen atoms in total. The fourth-order valence-corrected chi connectivity index (χ4v) is 1.97. The summed E-state index contributed by atoms with van der Waals surface area (Å²) in [6.07, 6.45) is 6.19. The maximum absolute atomic E-state index is 11.9. The van der Waals surface area contributed by atoms with Crippen molar-refractivity contribution in [3.05, 3.63) is 76.7 Å². The van der Waals surface area contributed by atoms with Crippen LogP contribution in [-0.2, 0) is 4.79 Å². The minimum Gasteiger partial charge on any atom is -0.305 e. The first kappa shape index (κ1) is 13.7. The van der Waals surface area contributed by atoms with Crippen LogP contribution in [0.4, 0.5) is 0 Å². The molecule has 2 amide bonds. The Morgan fingerprint density at radius 1 is 1.09 bits per heavy atom. The Hall–Kier alpha value is -3.28. The molecule has 0 unspecified atom stereocenters. The summed E-state index contributed by atoms with van der Waals surface area (Å²) in [7, 11) is 0. The number of amides is 2. The number of pyridine rings is 1. The summed E-state index contributed by atoms with van der Waals surface area (Å²) in [5.74, 6) is -0.677. The van der Waals surface area contributed by atoms with Crippen molar-refractivity contribution in [3.8, 4) is 0 Å². The third kappa shape index (κ3) is 2.90. The second-order valence-corrected chi connectivity index (χ2v) is 4.55. The highest BCUT2D eigenvalue weighted by Crippen LogP contribution is 2.00. The molecule has 22 heavy (non-hydrogen) atoms. The van der Waals surface area contributed by atoms with E-state index < -0.39 is 0 Å². The van der Waals surface area contributed by atoms with E-state index in [1.807, 2.05) is 18.2 Å². The molecule has 108 valence electrons. The van der Waals surface area contributed by atoms with E-state index in [0.717, 1.165) is 5.22 Å². The zero-order valence-electron chi connectivity index (χ0n) is 11.5. The summed E-state index contributed by atoms with van der Waals surface area (Å²) in [5, 5.41) is 1.50. The molecule has 3 rings (SSSR count). The van der Waals surface area contributed by atoms with Crippen LogP contribution in [0.15, 0.2) is 65.6 Å². The number of nitrogens with one attached hydrogen (secondary N) is 2. The first-order valence-electron chi connectivity index (χ1n) is 6.60. The van der Waals surface area contributed by atoms with Crippen LogP contribution >= 0.6 is 0 Å². The van der Waals surface area contributed by atoms with Crippen LogP contribution in [0.5, 0.6) is 0 Å². The molecule has 1 aliphatic heterocycles. The molecule has 0 fully saturated rings. The van der Waals surface area contributed by atoms with Gasteiger partial charge in [-0.1, -0.05) is 18.2 Å². The number of nitrogens with zero attached hydrogens (tertiary/aromatic N) is 2. The molecule has 0 saturated heterocycles. The highest BCUT2D eigenvalue weighted by Gasteiger charge is 2.10. The van der Waals surface area contributed by atoms with E-state index in [1.165, 1.54) is 18.6 Å². The molecule has 0 radical (unpaired) electrons. The van der Waals surface area contributed by atoms with Gasteiger partial charge in [0, 0.05) is 29.4 Å². The normalized spacial score (nSPS) is 14.5. The standard InChI is InChI=1S/C16H12N4O2/c21-15-13(9-12-3-1-2-4-14(12)19-15)10-18-20-16(22)11-5-7-17-8-6-11/h1-10,18H,(H,20,22). The van der Waals surface area contributed by atoms with Crippen molar-refractivity contribution in [3.63, 3.8) is 0 Å². The Morgan fingerprint density at radius 2 is 1.86 bits per heavy atom. The maximum Gasteiger partial charge on any atom is 0.279 e. The average Bonchev–Trinajstić information content (AvgIpc) is 2.56. The molecule has 0 spiro atoms. The number of rotatable bonds is 3. The Bertz CT molecular complexity index is 873. The molecule has 1 aliphatic rings. The number of para-hydroxylation sites is 1. The number of hydrogen-bond acceptors (Lipinski definition) is 4. The van der Waals surface area contributed by atoms with E-state index in [0.29, 0.717) is 16.5 Å². The Labute approximate surface area is 125 Å². The Morgan fingerprint density at radius 3 is 2.68 bits per heavy atom. The van der Waals surface area contributed by atoms with Crippen molar-refractivity contribution in [1.29, 1.82) is 0 Å². The van der Waals surface area contributed by atoms with E-state index in [9.17, 15) is 9.59 Å². The van der Waals surface area contributed by atoms with Gasteiger partial charge in [0.25, 0.3) is 11.8 Å². The van der Waals surface area contributed by atoms with Gasteiger partial charge >= 0.3 is 0 Å². The van der Waals surface area contributed by atoms with Crippen molar-refractivity contribution in [2.75, 3.05) is 0 Å². The van der Waals surface area contributed by atoms with Crippen LogP contribution in [0.1, 0.15) is 10.4 Å². The van der Waals surface area contributed by atoms with Crippen LogP contribution < -0.4 is 21.4 Å². The Balaban J connectivity index is 1.73. The lowest BCUT2D eigenvalue weighted by atomic mass is 10.1. The number of fused-ring (bicyclic) bond motifs is 1. The van der Waals surface area contributed by atoms with Crippen molar-refractivity contribution >= 4 is 17.9 Å². The smallest absolute Gasteiger partial charge is 0.279 e. The van der Waals surface area contributed by atoms with Gasteiger partial charge in [-0.3, -0.25) is 20.0 Å². The minimum atomic E-state index is -0.357. The third-order valence-corrected chi connectivity index (χ3v) is 3.07. The molecule has 0 atom stereocenters. The predicted octanol–water partition coefficient (Wildman–Crippen LogP) is -0.160. The van der Waals surface area contributed by atoms with Crippen molar-refractivity contribution in [1.82, 2.24) is 15.8 Å². The number of carbonyl (C=O) groups is 2. The lowest BCUT2D eigenvalue weighted by molar-refractivity contribution is -0.114. The number of aromatic nitrogens is 1. The minimum absolute atomic E-state index is 0.320. The molecule has 0 aliphatic carbocycles. The number of benzene rings is 1. The number of carbonyl (C=O) groups excluding carboxylic acids is 2. The number of hydrogen-bond donors (Lipinski definition) is 2. The summed E-state index contributed by atoms with van der Waals surface area (Å²) in [4.78, 5) is 31.5. The second kappa shape index (κ2) is 6.01. The molecule has 0 bridgehead atoms. The van der Waals surface area contributed by atoms with Gasteiger partial charge in [-0.05, 0) is 24.3 Å². The predicted molar refractivity (Wildman–Crippen MR) is 79.6 cm³/mol. The molecule has 0 saturated carbocycles.